The molecule has 0 spiro atoms. The van der Waals surface area contributed by atoms with Crippen molar-refractivity contribution in [2.45, 2.75) is 12.5 Å². The van der Waals surface area contributed by atoms with Gasteiger partial charge < -0.3 is 16.2 Å². The fourth-order valence-electron chi connectivity index (χ4n) is 1.39. The molecule has 0 bridgehead atoms. The van der Waals surface area contributed by atoms with Crippen LogP contribution in [0.2, 0.25) is 0 Å². The summed E-state index contributed by atoms with van der Waals surface area (Å²) in [5.41, 5.74) is 3.62. The van der Waals surface area contributed by atoms with E-state index in [0.29, 0.717) is 0 Å². The molecule has 0 aliphatic heterocycles. The van der Waals surface area contributed by atoms with Crippen molar-refractivity contribution in [1.29, 1.82) is 0 Å². The van der Waals surface area contributed by atoms with Crippen molar-refractivity contribution < 1.29 is 32.7 Å². The van der Waals surface area contributed by atoms with Crippen molar-refractivity contribution in [2.75, 3.05) is 0 Å². The summed E-state index contributed by atoms with van der Waals surface area (Å²) in [5.74, 6) is -8.30. The molecule has 1 atom stereocenters. The van der Waals surface area contributed by atoms with E-state index in [9.17, 15) is 27.6 Å². The lowest BCUT2D eigenvalue weighted by atomic mass is 10.1. The molecule has 0 aliphatic rings. The standard InChI is InChI=1S/C11H9F3N2O4/c12-4-1-5(13)9(6(14)2-4)10(18)16-7(11(19)20)3-8(15)17/h1-2,7H,3H2,(H2,15,17)(H,16,18)(H,19,20)/t7-/m1/s1. The Morgan fingerprint density at radius 1 is 1.20 bits per heavy atom. The minimum absolute atomic E-state index is 0.266. The zero-order valence-electron chi connectivity index (χ0n) is 9.82. The molecule has 0 radical (unpaired) electrons. The predicted octanol–water partition coefficient (Wildman–Crippen LogP) is 0.162. The molecule has 9 heteroatoms. The van der Waals surface area contributed by atoms with Crippen LogP contribution in [0.3, 0.4) is 0 Å². The van der Waals surface area contributed by atoms with Crippen LogP contribution in [-0.2, 0) is 9.59 Å². The van der Waals surface area contributed by atoms with Gasteiger partial charge in [-0.05, 0) is 0 Å². The van der Waals surface area contributed by atoms with Crippen LogP contribution in [0.1, 0.15) is 16.8 Å². The van der Waals surface area contributed by atoms with E-state index in [1.54, 1.807) is 5.32 Å². The number of halogens is 3. The summed E-state index contributed by atoms with van der Waals surface area (Å²) in [6, 6.07) is -1.21. The first-order valence-corrected chi connectivity index (χ1v) is 5.19. The van der Waals surface area contributed by atoms with Crippen LogP contribution in [-0.4, -0.2) is 28.9 Å². The van der Waals surface area contributed by atoms with Gasteiger partial charge in [0.15, 0.2) is 0 Å². The van der Waals surface area contributed by atoms with E-state index in [4.69, 9.17) is 10.8 Å². The van der Waals surface area contributed by atoms with Crippen molar-refractivity contribution >= 4 is 17.8 Å². The molecule has 0 aliphatic carbocycles. The highest BCUT2D eigenvalue weighted by Gasteiger charge is 2.26. The maximum absolute atomic E-state index is 13.3. The van der Waals surface area contributed by atoms with Crippen LogP contribution in [0.5, 0.6) is 0 Å². The number of aliphatic carboxylic acids is 1. The Morgan fingerprint density at radius 3 is 2.10 bits per heavy atom. The van der Waals surface area contributed by atoms with Crippen molar-refractivity contribution in [3.8, 4) is 0 Å². The van der Waals surface area contributed by atoms with E-state index in [2.05, 4.69) is 0 Å². The Balaban J connectivity index is 3.01. The Morgan fingerprint density at radius 2 is 1.70 bits per heavy atom. The molecule has 4 N–H and O–H groups in total. The number of carbonyl (C=O) groups is 3. The molecule has 1 rings (SSSR count). The molecule has 20 heavy (non-hydrogen) atoms. The van der Waals surface area contributed by atoms with Crippen LogP contribution in [0.15, 0.2) is 12.1 Å². The van der Waals surface area contributed by atoms with Gasteiger partial charge in [-0.25, -0.2) is 18.0 Å². The topological polar surface area (TPSA) is 109 Å². The Kier molecular flexibility index (Phi) is 4.68. The molecule has 2 amide bonds. The van der Waals surface area contributed by atoms with Gasteiger partial charge in [0.1, 0.15) is 29.1 Å². The Bertz CT molecular complexity index is 554. The number of rotatable bonds is 5. The summed E-state index contributed by atoms with van der Waals surface area (Å²) in [4.78, 5) is 32.9. The fraction of sp³-hybridized carbons (Fsp3) is 0.182. The second-order valence-corrected chi connectivity index (χ2v) is 3.78. The van der Waals surface area contributed by atoms with Gasteiger partial charge in [-0.2, -0.15) is 0 Å². The number of carbonyl (C=O) groups excluding carboxylic acids is 2. The number of nitrogens with two attached hydrogens (primary N) is 1. The zero-order valence-corrected chi connectivity index (χ0v) is 9.82. The summed E-state index contributed by atoms with van der Waals surface area (Å²) in [7, 11) is 0. The van der Waals surface area contributed by atoms with E-state index >= 15 is 0 Å². The van der Waals surface area contributed by atoms with Gasteiger partial charge in [-0.15, -0.1) is 0 Å². The molecule has 1 aromatic rings. The number of carboxylic acid groups (broad SMARTS) is 1. The highest BCUT2D eigenvalue weighted by molar-refractivity contribution is 5.98. The zero-order chi connectivity index (χ0) is 15.4. The van der Waals surface area contributed by atoms with E-state index < -0.39 is 53.3 Å². The first-order chi connectivity index (χ1) is 9.22. The van der Waals surface area contributed by atoms with Gasteiger partial charge in [0.05, 0.1) is 6.42 Å². The van der Waals surface area contributed by atoms with Gasteiger partial charge in [0, 0.05) is 12.1 Å². The molecule has 0 unspecified atom stereocenters. The minimum Gasteiger partial charge on any atom is -0.480 e. The highest BCUT2D eigenvalue weighted by atomic mass is 19.1. The van der Waals surface area contributed by atoms with E-state index in [1.807, 2.05) is 0 Å². The van der Waals surface area contributed by atoms with Crippen LogP contribution < -0.4 is 11.1 Å². The smallest absolute Gasteiger partial charge is 0.326 e. The molecular weight excluding hydrogens is 281 g/mol. The second kappa shape index (κ2) is 6.04. The summed E-state index contributed by atoms with van der Waals surface area (Å²) in [6.07, 6.45) is -0.758. The first kappa shape index (κ1) is 15.5. The van der Waals surface area contributed by atoms with E-state index in [0.717, 1.165) is 0 Å². The molecular formula is C11H9F3N2O4. The lowest BCUT2D eigenvalue weighted by Crippen LogP contribution is -2.43. The first-order valence-electron chi connectivity index (χ1n) is 5.19. The molecule has 108 valence electrons. The lowest BCUT2D eigenvalue weighted by Gasteiger charge is -2.13. The Hall–Kier alpha value is -2.58. The number of carboxylic acids is 1. The lowest BCUT2D eigenvalue weighted by molar-refractivity contribution is -0.140. The van der Waals surface area contributed by atoms with Gasteiger partial charge >= 0.3 is 5.97 Å². The van der Waals surface area contributed by atoms with Crippen molar-refractivity contribution in [3.63, 3.8) is 0 Å². The summed E-state index contributed by atoms with van der Waals surface area (Å²) < 4.78 is 39.3. The van der Waals surface area contributed by atoms with E-state index in [-0.39, 0.29) is 12.1 Å². The normalized spacial score (nSPS) is 11.8. The van der Waals surface area contributed by atoms with Crippen molar-refractivity contribution in [2.24, 2.45) is 5.73 Å². The van der Waals surface area contributed by atoms with Crippen molar-refractivity contribution in [1.82, 2.24) is 5.32 Å². The van der Waals surface area contributed by atoms with Gasteiger partial charge in [0.25, 0.3) is 5.91 Å². The molecule has 0 saturated carbocycles. The summed E-state index contributed by atoms with van der Waals surface area (Å²) >= 11 is 0. The monoisotopic (exact) mass is 290 g/mol. The highest BCUT2D eigenvalue weighted by Crippen LogP contribution is 2.15. The minimum atomic E-state index is -1.75. The van der Waals surface area contributed by atoms with Crippen LogP contribution in [0.25, 0.3) is 0 Å². The Labute approximate surface area is 110 Å². The maximum atomic E-state index is 13.3. The largest absolute Gasteiger partial charge is 0.480 e. The van der Waals surface area contributed by atoms with Gasteiger partial charge in [-0.3, -0.25) is 9.59 Å². The quantitative estimate of drug-likeness (QED) is 0.717. The molecule has 1 aromatic carbocycles. The van der Waals surface area contributed by atoms with Crippen LogP contribution in [0.4, 0.5) is 13.2 Å². The summed E-state index contributed by atoms with van der Waals surface area (Å²) in [6.45, 7) is 0. The third-order valence-corrected chi connectivity index (χ3v) is 2.24. The number of hydrogen-bond donors (Lipinski definition) is 3. The molecule has 0 fully saturated rings. The number of benzene rings is 1. The average molecular weight is 290 g/mol. The van der Waals surface area contributed by atoms with Gasteiger partial charge in [-0.1, -0.05) is 0 Å². The molecule has 0 heterocycles. The number of hydrogen-bond acceptors (Lipinski definition) is 3. The molecule has 0 aromatic heterocycles. The third-order valence-electron chi connectivity index (χ3n) is 2.24. The van der Waals surface area contributed by atoms with Gasteiger partial charge in [0.2, 0.25) is 5.91 Å². The average Bonchev–Trinajstić information content (AvgIpc) is 2.25. The number of primary amides is 1. The molecule has 6 nitrogen and oxygen atoms in total. The maximum Gasteiger partial charge on any atom is 0.326 e. The summed E-state index contributed by atoms with van der Waals surface area (Å²) in [5, 5.41) is 10.5. The van der Waals surface area contributed by atoms with Crippen molar-refractivity contribution in [3.05, 3.63) is 35.1 Å². The van der Waals surface area contributed by atoms with Crippen LogP contribution in [0, 0.1) is 17.5 Å². The SMILES string of the molecule is NC(=O)C[C@@H](NC(=O)c1c(F)cc(F)cc1F)C(=O)O. The van der Waals surface area contributed by atoms with Crippen LogP contribution >= 0.6 is 0 Å². The third kappa shape index (κ3) is 3.70. The number of amides is 2. The predicted molar refractivity (Wildman–Crippen MR) is 59.0 cm³/mol. The second-order valence-electron chi connectivity index (χ2n) is 3.78. The fourth-order valence-corrected chi connectivity index (χ4v) is 1.39. The van der Waals surface area contributed by atoms with E-state index in [1.165, 1.54) is 0 Å². The molecule has 0 saturated heterocycles. The number of nitrogens with one attached hydrogen (secondary N) is 1.